The summed E-state index contributed by atoms with van der Waals surface area (Å²) in [5.41, 5.74) is 1.62. The van der Waals surface area contributed by atoms with Crippen LogP contribution in [0.1, 0.15) is 45.5 Å². The molecule has 2 N–H and O–H groups in total. The standard InChI is InChI=1S/C22H24FN3O2.ClH/c1-14-5-4-7-18(20(14)25-21(27)17-6-2-3-8-19(17)23)22(28)26-12-11-15-9-10-16(13-26)24-15;/h2-8,15-16,24H,9-13H2,1H3,(H,25,27);1H. The van der Waals surface area contributed by atoms with Crippen LogP contribution in [0.15, 0.2) is 42.5 Å². The highest BCUT2D eigenvalue weighted by molar-refractivity contribution is 6.09. The number of rotatable bonds is 3. The van der Waals surface area contributed by atoms with Crippen molar-refractivity contribution in [2.45, 2.75) is 38.3 Å². The number of anilines is 1. The number of para-hydroxylation sites is 1. The number of benzene rings is 2. The number of aryl methyl sites for hydroxylation is 1. The minimum absolute atomic E-state index is 0. The van der Waals surface area contributed by atoms with Crippen molar-refractivity contribution in [1.82, 2.24) is 10.2 Å². The van der Waals surface area contributed by atoms with Gasteiger partial charge in [0.15, 0.2) is 0 Å². The lowest BCUT2D eigenvalue weighted by molar-refractivity contribution is 0.0749. The molecule has 4 rings (SSSR count). The Bertz CT molecular complexity index is 921. The minimum atomic E-state index is -0.587. The number of carbonyl (C=O) groups excluding carboxylic acids is 2. The second kappa shape index (κ2) is 8.93. The Balaban J connectivity index is 0.00000240. The Morgan fingerprint density at radius 3 is 2.55 bits per heavy atom. The molecule has 2 unspecified atom stereocenters. The molecule has 2 aliphatic rings. The van der Waals surface area contributed by atoms with Gasteiger partial charge >= 0.3 is 0 Å². The van der Waals surface area contributed by atoms with Crippen molar-refractivity contribution >= 4 is 29.9 Å². The molecule has 0 aromatic heterocycles. The van der Waals surface area contributed by atoms with E-state index < -0.39 is 11.7 Å². The fraction of sp³-hybridized carbons (Fsp3) is 0.364. The van der Waals surface area contributed by atoms with E-state index in [1.807, 2.05) is 24.0 Å². The predicted octanol–water partition coefficient (Wildman–Crippen LogP) is 3.77. The molecule has 2 atom stereocenters. The fourth-order valence-electron chi connectivity index (χ4n) is 4.14. The zero-order valence-corrected chi connectivity index (χ0v) is 17.1. The average Bonchev–Trinajstić information content (AvgIpc) is 3.02. The number of nitrogens with zero attached hydrogens (tertiary/aromatic N) is 1. The van der Waals surface area contributed by atoms with Crippen LogP contribution in [0.5, 0.6) is 0 Å². The van der Waals surface area contributed by atoms with Crippen molar-refractivity contribution in [3.63, 3.8) is 0 Å². The van der Waals surface area contributed by atoms with Crippen LogP contribution in [0, 0.1) is 12.7 Å². The van der Waals surface area contributed by atoms with Gasteiger partial charge in [-0.3, -0.25) is 9.59 Å². The quantitative estimate of drug-likeness (QED) is 0.799. The second-order valence-electron chi connectivity index (χ2n) is 7.61. The third-order valence-electron chi connectivity index (χ3n) is 5.67. The Morgan fingerprint density at radius 2 is 1.76 bits per heavy atom. The van der Waals surface area contributed by atoms with E-state index in [0.717, 1.165) is 18.4 Å². The Morgan fingerprint density at radius 1 is 1.03 bits per heavy atom. The van der Waals surface area contributed by atoms with E-state index in [4.69, 9.17) is 0 Å². The lowest BCUT2D eigenvalue weighted by atomic mass is 10.0. The lowest BCUT2D eigenvalue weighted by Gasteiger charge is -2.26. The first kappa shape index (κ1) is 21.3. The van der Waals surface area contributed by atoms with Crippen LogP contribution in [0.4, 0.5) is 10.1 Å². The lowest BCUT2D eigenvalue weighted by Crippen LogP contribution is -2.39. The molecule has 2 amide bonds. The van der Waals surface area contributed by atoms with Gasteiger partial charge in [0.2, 0.25) is 0 Å². The number of fused-ring (bicyclic) bond motifs is 2. The van der Waals surface area contributed by atoms with Crippen molar-refractivity contribution in [3.05, 3.63) is 65.0 Å². The van der Waals surface area contributed by atoms with Gasteiger partial charge < -0.3 is 15.5 Å². The third kappa shape index (κ3) is 4.43. The number of carbonyl (C=O) groups is 2. The maximum Gasteiger partial charge on any atom is 0.258 e. The molecule has 2 aromatic rings. The van der Waals surface area contributed by atoms with Gasteiger partial charge in [0.1, 0.15) is 5.82 Å². The smallest absolute Gasteiger partial charge is 0.258 e. The first-order valence-corrected chi connectivity index (χ1v) is 9.74. The maximum atomic E-state index is 14.0. The molecular weight excluding hydrogens is 393 g/mol. The van der Waals surface area contributed by atoms with Crippen LogP contribution in [-0.2, 0) is 0 Å². The summed E-state index contributed by atoms with van der Waals surface area (Å²) in [7, 11) is 0. The molecule has 29 heavy (non-hydrogen) atoms. The van der Waals surface area contributed by atoms with Gasteiger partial charge in [-0.25, -0.2) is 4.39 Å². The highest BCUT2D eigenvalue weighted by atomic mass is 35.5. The van der Waals surface area contributed by atoms with Crippen LogP contribution in [0.3, 0.4) is 0 Å². The van der Waals surface area contributed by atoms with Crippen molar-refractivity contribution in [3.8, 4) is 0 Å². The molecule has 2 fully saturated rings. The predicted molar refractivity (Wildman–Crippen MR) is 113 cm³/mol. The largest absolute Gasteiger partial charge is 0.337 e. The highest BCUT2D eigenvalue weighted by Gasteiger charge is 2.32. The SMILES string of the molecule is Cc1cccc(C(=O)N2CCC3CCC(C2)N3)c1NC(=O)c1ccccc1F.Cl. The van der Waals surface area contributed by atoms with E-state index >= 15 is 0 Å². The van der Waals surface area contributed by atoms with E-state index in [1.165, 1.54) is 24.6 Å². The summed E-state index contributed by atoms with van der Waals surface area (Å²) in [6, 6.07) is 12.0. The van der Waals surface area contributed by atoms with Crippen molar-refractivity contribution in [2.75, 3.05) is 18.4 Å². The number of nitrogens with one attached hydrogen (secondary N) is 2. The highest BCUT2D eigenvalue weighted by Crippen LogP contribution is 2.26. The molecule has 2 aromatic carbocycles. The first-order chi connectivity index (χ1) is 13.5. The number of halogens is 2. The molecule has 0 aliphatic carbocycles. The zero-order valence-electron chi connectivity index (χ0n) is 16.3. The molecule has 5 nitrogen and oxygen atoms in total. The summed E-state index contributed by atoms with van der Waals surface area (Å²) in [5.74, 6) is -1.24. The third-order valence-corrected chi connectivity index (χ3v) is 5.67. The van der Waals surface area contributed by atoms with Crippen LogP contribution in [0.2, 0.25) is 0 Å². The van der Waals surface area contributed by atoms with Gasteiger partial charge in [-0.05, 0) is 49.9 Å². The number of hydrogen-bond donors (Lipinski definition) is 2. The normalized spacial score (nSPS) is 20.6. The topological polar surface area (TPSA) is 61.4 Å². The molecule has 154 valence electrons. The molecule has 0 radical (unpaired) electrons. The summed E-state index contributed by atoms with van der Waals surface area (Å²) in [4.78, 5) is 27.7. The van der Waals surface area contributed by atoms with Gasteiger partial charge in [0, 0.05) is 25.2 Å². The van der Waals surface area contributed by atoms with E-state index in [0.29, 0.717) is 36.4 Å². The van der Waals surface area contributed by atoms with Crippen molar-refractivity contribution in [2.24, 2.45) is 0 Å². The van der Waals surface area contributed by atoms with Crippen LogP contribution in [0.25, 0.3) is 0 Å². The number of likely N-dealkylation sites (tertiary alicyclic amines) is 1. The number of hydrogen-bond acceptors (Lipinski definition) is 3. The van der Waals surface area contributed by atoms with E-state index in [2.05, 4.69) is 10.6 Å². The van der Waals surface area contributed by atoms with E-state index in [-0.39, 0.29) is 23.9 Å². The summed E-state index contributed by atoms with van der Waals surface area (Å²) in [6.45, 7) is 3.20. The minimum Gasteiger partial charge on any atom is -0.337 e. The summed E-state index contributed by atoms with van der Waals surface area (Å²) < 4.78 is 14.0. The molecular formula is C22H25ClFN3O2. The Labute approximate surface area is 176 Å². The van der Waals surface area contributed by atoms with Gasteiger partial charge in [-0.15, -0.1) is 12.4 Å². The van der Waals surface area contributed by atoms with Crippen LogP contribution >= 0.6 is 12.4 Å². The van der Waals surface area contributed by atoms with E-state index in [9.17, 15) is 14.0 Å². The Hall–Kier alpha value is -2.44. The summed E-state index contributed by atoms with van der Waals surface area (Å²) in [6.07, 6.45) is 3.19. The summed E-state index contributed by atoms with van der Waals surface area (Å²) in [5, 5.41) is 6.33. The number of amides is 2. The zero-order chi connectivity index (χ0) is 19.7. The Kier molecular flexibility index (Phi) is 6.55. The molecule has 0 saturated carbocycles. The van der Waals surface area contributed by atoms with Crippen LogP contribution in [-0.4, -0.2) is 41.9 Å². The van der Waals surface area contributed by atoms with Crippen molar-refractivity contribution in [1.29, 1.82) is 0 Å². The van der Waals surface area contributed by atoms with Gasteiger partial charge in [0.25, 0.3) is 11.8 Å². The fourth-order valence-corrected chi connectivity index (χ4v) is 4.14. The monoisotopic (exact) mass is 417 g/mol. The van der Waals surface area contributed by atoms with Gasteiger partial charge in [0.05, 0.1) is 16.8 Å². The molecule has 2 bridgehead atoms. The molecule has 2 heterocycles. The van der Waals surface area contributed by atoms with Gasteiger partial charge in [-0.1, -0.05) is 24.3 Å². The summed E-state index contributed by atoms with van der Waals surface area (Å²) >= 11 is 0. The van der Waals surface area contributed by atoms with Crippen LogP contribution < -0.4 is 10.6 Å². The van der Waals surface area contributed by atoms with Crippen molar-refractivity contribution < 1.29 is 14.0 Å². The second-order valence-corrected chi connectivity index (χ2v) is 7.61. The molecule has 0 spiro atoms. The van der Waals surface area contributed by atoms with Gasteiger partial charge in [-0.2, -0.15) is 0 Å². The van der Waals surface area contributed by atoms with E-state index in [1.54, 1.807) is 12.1 Å². The maximum absolute atomic E-state index is 14.0. The molecule has 2 saturated heterocycles. The molecule has 2 aliphatic heterocycles. The first-order valence-electron chi connectivity index (χ1n) is 9.74. The molecule has 7 heteroatoms. The average molecular weight is 418 g/mol.